The average Bonchev–Trinajstić information content (AvgIpc) is 2.95. The van der Waals surface area contributed by atoms with Crippen molar-refractivity contribution >= 4 is 17.7 Å². The predicted molar refractivity (Wildman–Crippen MR) is 151 cm³/mol. The zero-order chi connectivity index (χ0) is 31.6. The van der Waals surface area contributed by atoms with E-state index in [4.69, 9.17) is 25.4 Å². The highest BCUT2D eigenvalue weighted by atomic mass is 19.1. The molecule has 1 aromatic heterocycles. The van der Waals surface area contributed by atoms with Crippen molar-refractivity contribution in [2.75, 3.05) is 14.1 Å². The molecule has 0 unspecified atom stereocenters. The summed E-state index contributed by atoms with van der Waals surface area (Å²) < 4.78 is 48.5. The van der Waals surface area contributed by atoms with Gasteiger partial charge in [-0.15, -0.1) is 0 Å². The van der Waals surface area contributed by atoms with Gasteiger partial charge < -0.3 is 35.1 Å². The van der Waals surface area contributed by atoms with E-state index in [1.165, 1.54) is 61.2 Å². The van der Waals surface area contributed by atoms with Crippen molar-refractivity contribution < 1.29 is 42.8 Å². The van der Waals surface area contributed by atoms with Gasteiger partial charge in [-0.05, 0) is 73.5 Å². The van der Waals surface area contributed by atoms with Crippen LogP contribution in [0.4, 0.5) is 8.78 Å². The lowest BCUT2D eigenvalue weighted by Crippen LogP contribution is -2.21. The maximum Gasteiger partial charge on any atom is 0.335 e. The van der Waals surface area contributed by atoms with Gasteiger partial charge in [-0.1, -0.05) is 6.07 Å². The van der Waals surface area contributed by atoms with Crippen molar-refractivity contribution in [3.63, 3.8) is 0 Å². The average molecular weight is 593 g/mol. The minimum Gasteiger partial charge on any atom is -0.504 e. The van der Waals surface area contributed by atoms with E-state index in [0.717, 1.165) is 12.1 Å². The number of amidine groups is 1. The molecule has 222 valence electrons. The third kappa shape index (κ3) is 6.45. The number of carboxylic acids is 1. The van der Waals surface area contributed by atoms with E-state index in [-0.39, 0.29) is 56.8 Å². The number of carbonyl (C=O) groups is 2. The third-order valence-electron chi connectivity index (χ3n) is 6.07. The lowest BCUT2D eigenvalue weighted by Gasteiger charge is -2.17. The fraction of sp³-hybridized carbons (Fsp3) is 0.133. The maximum atomic E-state index is 15.9. The first-order valence-corrected chi connectivity index (χ1v) is 12.5. The minimum absolute atomic E-state index is 0.0257. The van der Waals surface area contributed by atoms with Crippen LogP contribution in [0.5, 0.6) is 40.5 Å². The number of pyridine rings is 1. The number of aromatic hydroxyl groups is 1. The Morgan fingerprint density at radius 2 is 1.49 bits per heavy atom. The normalized spacial score (nSPS) is 10.7. The van der Waals surface area contributed by atoms with E-state index in [2.05, 4.69) is 4.98 Å². The van der Waals surface area contributed by atoms with Crippen molar-refractivity contribution in [3.8, 4) is 40.5 Å². The molecule has 0 aliphatic heterocycles. The van der Waals surface area contributed by atoms with E-state index >= 15 is 8.78 Å². The number of hydrogen-bond donors (Lipinski definition) is 4. The van der Waals surface area contributed by atoms with Crippen molar-refractivity contribution in [3.05, 3.63) is 94.0 Å². The summed E-state index contributed by atoms with van der Waals surface area (Å²) in [6, 6.07) is 11.9. The first-order valence-electron chi connectivity index (χ1n) is 12.5. The summed E-state index contributed by atoms with van der Waals surface area (Å²) in [5, 5.41) is 27.3. The second-order valence-corrected chi connectivity index (χ2v) is 9.55. The molecule has 43 heavy (non-hydrogen) atoms. The van der Waals surface area contributed by atoms with Gasteiger partial charge in [0.25, 0.3) is 17.7 Å². The molecule has 0 saturated heterocycles. The minimum atomic E-state index is -1.42. The molecule has 5 N–H and O–H groups in total. The number of phenolic OH excluding ortho intramolecular Hbond substituents is 1. The van der Waals surface area contributed by atoms with Crippen LogP contribution in [0.25, 0.3) is 0 Å². The van der Waals surface area contributed by atoms with Crippen molar-refractivity contribution in [2.45, 2.75) is 13.8 Å². The Balaban J connectivity index is 1.86. The number of amides is 1. The zero-order valence-corrected chi connectivity index (χ0v) is 23.4. The number of halogens is 2. The molecule has 13 heteroatoms. The van der Waals surface area contributed by atoms with Crippen LogP contribution in [-0.4, -0.2) is 51.9 Å². The molecule has 1 amide bonds. The zero-order valence-electron chi connectivity index (χ0n) is 23.4. The Labute approximate surface area is 244 Å². The smallest absolute Gasteiger partial charge is 0.335 e. The lowest BCUT2D eigenvalue weighted by atomic mass is 10.1. The number of nitrogens with one attached hydrogen (secondary N) is 1. The Hall–Kier alpha value is -5.72. The summed E-state index contributed by atoms with van der Waals surface area (Å²) in [5.41, 5.74) is 6.33. The number of nitrogens with two attached hydrogens (primary N) is 1. The monoisotopic (exact) mass is 592 g/mol. The molecule has 4 rings (SSSR count). The van der Waals surface area contributed by atoms with Gasteiger partial charge in [0.2, 0.25) is 17.4 Å². The van der Waals surface area contributed by atoms with Crippen LogP contribution < -0.4 is 19.9 Å². The van der Waals surface area contributed by atoms with Crippen molar-refractivity contribution in [2.24, 2.45) is 5.73 Å². The number of ether oxygens (including phenoxy) is 3. The Kier molecular flexibility index (Phi) is 8.46. The second kappa shape index (κ2) is 12.0. The molecular formula is C30H26F2N4O7. The molecule has 3 aromatic carbocycles. The molecule has 1 heterocycles. The number of carboxylic acid groups (broad SMARTS) is 1. The third-order valence-corrected chi connectivity index (χ3v) is 6.07. The molecule has 0 aliphatic carbocycles. The van der Waals surface area contributed by atoms with Gasteiger partial charge in [0.15, 0.2) is 11.5 Å². The van der Waals surface area contributed by atoms with Crippen molar-refractivity contribution in [1.29, 1.82) is 5.41 Å². The van der Waals surface area contributed by atoms with Crippen molar-refractivity contribution in [1.82, 2.24) is 9.88 Å². The summed E-state index contributed by atoms with van der Waals surface area (Å²) >= 11 is 0. The predicted octanol–water partition coefficient (Wildman–Crippen LogP) is 5.74. The summed E-state index contributed by atoms with van der Waals surface area (Å²) in [5.74, 6) is -8.30. The fourth-order valence-electron chi connectivity index (χ4n) is 3.97. The van der Waals surface area contributed by atoms with Gasteiger partial charge in [0, 0.05) is 25.2 Å². The van der Waals surface area contributed by atoms with E-state index in [1.54, 1.807) is 14.1 Å². The number of aromatic nitrogens is 1. The molecule has 0 fully saturated rings. The van der Waals surface area contributed by atoms with Crippen LogP contribution in [0.15, 0.2) is 54.6 Å². The summed E-state index contributed by atoms with van der Waals surface area (Å²) in [6.07, 6.45) is 0. The number of carbonyl (C=O) groups excluding carboxylic acids is 1. The van der Waals surface area contributed by atoms with E-state index in [0.29, 0.717) is 0 Å². The van der Waals surface area contributed by atoms with Crippen LogP contribution in [0.3, 0.4) is 0 Å². The topological polar surface area (TPSA) is 168 Å². The van der Waals surface area contributed by atoms with Gasteiger partial charge >= 0.3 is 5.97 Å². The van der Waals surface area contributed by atoms with Crippen LogP contribution >= 0.6 is 0 Å². The first-order chi connectivity index (χ1) is 20.3. The van der Waals surface area contributed by atoms with E-state index in [9.17, 15) is 19.8 Å². The highest BCUT2D eigenvalue weighted by Gasteiger charge is 2.28. The number of benzene rings is 3. The quantitative estimate of drug-likeness (QED) is 0.140. The highest BCUT2D eigenvalue weighted by Crippen LogP contribution is 2.42. The molecule has 4 aromatic rings. The molecule has 0 aliphatic rings. The Bertz CT molecular complexity index is 1750. The molecule has 0 radical (unpaired) electrons. The van der Waals surface area contributed by atoms with Gasteiger partial charge in [-0.25, -0.2) is 4.79 Å². The van der Waals surface area contributed by atoms with Gasteiger partial charge in [-0.3, -0.25) is 10.2 Å². The number of rotatable bonds is 9. The maximum absolute atomic E-state index is 15.9. The summed E-state index contributed by atoms with van der Waals surface area (Å²) in [7, 11) is 3.10. The molecule has 11 nitrogen and oxygen atoms in total. The summed E-state index contributed by atoms with van der Waals surface area (Å²) in [6.45, 7) is 3.00. The largest absolute Gasteiger partial charge is 0.504 e. The molecule has 0 atom stereocenters. The Morgan fingerprint density at radius 1 is 0.860 bits per heavy atom. The fourth-order valence-corrected chi connectivity index (χ4v) is 3.97. The number of phenols is 1. The molecule has 0 saturated carbocycles. The number of nitrogens with zero attached hydrogens (tertiary/aromatic N) is 2. The van der Waals surface area contributed by atoms with Crippen LogP contribution in [0.2, 0.25) is 0 Å². The first kappa shape index (κ1) is 30.2. The van der Waals surface area contributed by atoms with Gasteiger partial charge in [-0.2, -0.15) is 13.8 Å². The SMILES string of the molecule is Cc1cc(C(=O)O)cc(C)c1Oc1c(F)c(Oc2cccc(C(=O)N(C)C)c2)nc(Oc2cc(C(=N)N)ccc2O)c1F. The molecule has 0 bridgehead atoms. The van der Waals surface area contributed by atoms with Gasteiger partial charge in [0.05, 0.1) is 5.56 Å². The molecular weight excluding hydrogens is 566 g/mol. The number of nitrogen functional groups attached to an aromatic ring is 1. The number of hydrogen-bond acceptors (Lipinski definition) is 8. The second-order valence-electron chi connectivity index (χ2n) is 9.55. The van der Waals surface area contributed by atoms with E-state index < -0.39 is 40.9 Å². The van der Waals surface area contributed by atoms with Crippen LogP contribution in [-0.2, 0) is 0 Å². The van der Waals surface area contributed by atoms with Gasteiger partial charge in [0.1, 0.15) is 17.3 Å². The van der Waals surface area contributed by atoms with Crippen LogP contribution in [0, 0.1) is 30.9 Å². The number of aryl methyl sites for hydroxylation is 2. The standard InChI is InChI=1S/C30H26F2N4O7/c1-14-10-18(30(39)40)11-15(2)24(14)43-25-22(31)27(41-19-7-5-6-17(12-19)29(38)36(3)4)35-28(23(25)32)42-21-13-16(26(33)34)8-9-20(21)37/h5-13,37H,1-4H3,(H3,33,34)(H,39,40). The summed E-state index contributed by atoms with van der Waals surface area (Å²) in [4.78, 5) is 29.0. The lowest BCUT2D eigenvalue weighted by molar-refractivity contribution is 0.0696. The number of aromatic carboxylic acids is 1. The van der Waals surface area contributed by atoms with Crippen LogP contribution in [0.1, 0.15) is 37.4 Å². The van der Waals surface area contributed by atoms with E-state index in [1.807, 2.05) is 0 Å². The molecule has 0 spiro atoms. The Morgan fingerprint density at radius 3 is 2.07 bits per heavy atom. The highest BCUT2D eigenvalue weighted by molar-refractivity contribution is 5.95.